The van der Waals surface area contributed by atoms with Gasteiger partial charge in [0.1, 0.15) is 11.7 Å². The minimum atomic E-state index is -0.528. The van der Waals surface area contributed by atoms with Crippen LogP contribution in [0, 0.1) is 0 Å². The summed E-state index contributed by atoms with van der Waals surface area (Å²) < 4.78 is 0. The minimum absolute atomic E-state index is 0.0666. The number of hydrogen-bond donors (Lipinski definition) is 1. The van der Waals surface area contributed by atoms with Gasteiger partial charge in [-0.05, 0) is 20.3 Å². The van der Waals surface area contributed by atoms with Gasteiger partial charge in [-0.3, -0.25) is 19.4 Å². The highest BCUT2D eigenvalue weighted by atomic mass is 16.2. The van der Waals surface area contributed by atoms with Crippen molar-refractivity contribution in [3.8, 4) is 0 Å². The van der Waals surface area contributed by atoms with E-state index in [1.807, 2.05) is 13.8 Å². The molecule has 8 nitrogen and oxygen atoms in total. The molecule has 1 aliphatic rings. The molecule has 1 saturated heterocycles. The second kappa shape index (κ2) is 8.55. The molecule has 136 valence electrons. The summed E-state index contributed by atoms with van der Waals surface area (Å²) in [5.74, 6) is -0.497. The van der Waals surface area contributed by atoms with Crippen molar-refractivity contribution in [2.45, 2.75) is 45.7 Å². The third kappa shape index (κ3) is 4.32. The number of nitrogens with zero attached hydrogens (tertiary/aromatic N) is 4. The molecule has 0 aliphatic carbocycles. The van der Waals surface area contributed by atoms with Crippen LogP contribution >= 0.6 is 0 Å². The van der Waals surface area contributed by atoms with Crippen molar-refractivity contribution in [3.05, 3.63) is 24.3 Å². The fraction of sp³-hybridized carbons (Fsp3) is 0.588. The molecular formula is C17H25N5O3. The summed E-state index contributed by atoms with van der Waals surface area (Å²) in [6.07, 6.45) is 5.06. The van der Waals surface area contributed by atoms with Gasteiger partial charge in [0.05, 0.1) is 6.20 Å². The summed E-state index contributed by atoms with van der Waals surface area (Å²) in [5, 5.41) is 2.86. The van der Waals surface area contributed by atoms with Crippen LogP contribution in [0.1, 0.15) is 44.1 Å². The Hall–Kier alpha value is -2.51. The molecule has 2 heterocycles. The normalized spacial score (nSPS) is 19.6. The Labute approximate surface area is 147 Å². The molecule has 1 aliphatic heterocycles. The average molecular weight is 347 g/mol. The van der Waals surface area contributed by atoms with Gasteiger partial charge in [-0.2, -0.15) is 0 Å². The number of nitrogens with one attached hydrogen (secondary N) is 1. The Bertz CT molecular complexity index is 618. The summed E-state index contributed by atoms with van der Waals surface area (Å²) in [7, 11) is 0. The average Bonchev–Trinajstić information content (AvgIpc) is 3.06. The van der Waals surface area contributed by atoms with Gasteiger partial charge in [-0.25, -0.2) is 4.98 Å². The number of rotatable bonds is 6. The van der Waals surface area contributed by atoms with E-state index in [0.29, 0.717) is 32.5 Å². The van der Waals surface area contributed by atoms with Crippen molar-refractivity contribution in [3.63, 3.8) is 0 Å². The molecule has 0 saturated carbocycles. The van der Waals surface area contributed by atoms with Crippen LogP contribution in [0.5, 0.6) is 0 Å². The first-order valence-corrected chi connectivity index (χ1v) is 8.66. The van der Waals surface area contributed by atoms with Crippen LogP contribution in [-0.4, -0.2) is 69.2 Å². The Balaban J connectivity index is 2.11. The molecule has 1 aromatic heterocycles. The predicted octanol–water partition coefficient (Wildman–Crippen LogP) is 0.454. The highest BCUT2D eigenvalue weighted by molar-refractivity contribution is 5.93. The number of likely N-dealkylation sites (tertiary alicyclic amines) is 1. The molecular weight excluding hydrogens is 322 g/mol. The maximum atomic E-state index is 12.7. The van der Waals surface area contributed by atoms with Gasteiger partial charge in [0.25, 0.3) is 5.91 Å². The second-order valence-electron chi connectivity index (χ2n) is 5.92. The van der Waals surface area contributed by atoms with Crippen molar-refractivity contribution in [2.75, 3.05) is 19.6 Å². The summed E-state index contributed by atoms with van der Waals surface area (Å²) in [5.41, 5.74) is 0.217. The van der Waals surface area contributed by atoms with Crippen LogP contribution in [0.15, 0.2) is 18.6 Å². The molecule has 2 atom stereocenters. The fourth-order valence-corrected chi connectivity index (χ4v) is 3.08. The quantitative estimate of drug-likeness (QED) is 0.806. The molecule has 3 amide bonds. The van der Waals surface area contributed by atoms with Crippen LogP contribution < -0.4 is 5.32 Å². The van der Waals surface area contributed by atoms with E-state index < -0.39 is 6.04 Å². The first kappa shape index (κ1) is 18.8. The lowest BCUT2D eigenvalue weighted by Crippen LogP contribution is -2.47. The van der Waals surface area contributed by atoms with Crippen molar-refractivity contribution in [2.24, 2.45) is 0 Å². The zero-order valence-corrected chi connectivity index (χ0v) is 14.9. The minimum Gasteiger partial charge on any atom is -0.346 e. The van der Waals surface area contributed by atoms with E-state index in [1.165, 1.54) is 18.6 Å². The number of carbonyl (C=O) groups excluding carboxylic acids is 3. The van der Waals surface area contributed by atoms with Gasteiger partial charge in [0.2, 0.25) is 11.8 Å². The fourth-order valence-electron chi connectivity index (χ4n) is 3.08. The number of amides is 3. The van der Waals surface area contributed by atoms with Crippen molar-refractivity contribution < 1.29 is 14.4 Å². The number of likely N-dealkylation sites (N-methyl/N-ethyl adjacent to an activating group) is 1. The third-order valence-corrected chi connectivity index (χ3v) is 4.42. The highest BCUT2D eigenvalue weighted by Crippen LogP contribution is 2.21. The summed E-state index contributed by atoms with van der Waals surface area (Å²) in [6.45, 7) is 7.11. The largest absolute Gasteiger partial charge is 0.346 e. The Morgan fingerprint density at radius 3 is 2.52 bits per heavy atom. The van der Waals surface area contributed by atoms with E-state index in [9.17, 15) is 14.4 Å². The summed E-state index contributed by atoms with van der Waals surface area (Å²) in [4.78, 5) is 48.4. The first-order chi connectivity index (χ1) is 12.0. The number of carbonyl (C=O) groups is 3. The van der Waals surface area contributed by atoms with Gasteiger partial charge in [0.15, 0.2) is 0 Å². The van der Waals surface area contributed by atoms with Gasteiger partial charge >= 0.3 is 0 Å². The first-order valence-electron chi connectivity index (χ1n) is 8.66. The van der Waals surface area contributed by atoms with Crippen LogP contribution in [0.2, 0.25) is 0 Å². The van der Waals surface area contributed by atoms with Gasteiger partial charge in [-0.1, -0.05) is 6.92 Å². The topological polar surface area (TPSA) is 95.5 Å². The summed E-state index contributed by atoms with van der Waals surface area (Å²) >= 11 is 0. The molecule has 0 aromatic carbocycles. The molecule has 1 fully saturated rings. The van der Waals surface area contributed by atoms with Crippen molar-refractivity contribution in [1.29, 1.82) is 0 Å². The van der Waals surface area contributed by atoms with E-state index >= 15 is 0 Å². The van der Waals surface area contributed by atoms with Crippen LogP contribution in [0.25, 0.3) is 0 Å². The van der Waals surface area contributed by atoms with Gasteiger partial charge in [-0.15, -0.1) is 0 Å². The maximum Gasteiger partial charge on any atom is 0.271 e. The predicted molar refractivity (Wildman–Crippen MR) is 91.6 cm³/mol. The van der Waals surface area contributed by atoms with E-state index in [0.717, 1.165) is 0 Å². The molecule has 2 rings (SSSR count). The second-order valence-corrected chi connectivity index (χ2v) is 5.92. The SMILES string of the molecule is CCC(=O)N1C[C@H](NC(=O)c2cnccn2)C[C@H]1C(=O)N(CC)CC. The van der Waals surface area contributed by atoms with Gasteiger partial charge in [0, 0.05) is 44.5 Å². The van der Waals surface area contributed by atoms with Crippen molar-refractivity contribution in [1.82, 2.24) is 25.1 Å². The number of hydrogen-bond acceptors (Lipinski definition) is 5. The Morgan fingerprint density at radius 1 is 1.24 bits per heavy atom. The maximum absolute atomic E-state index is 12.7. The molecule has 25 heavy (non-hydrogen) atoms. The van der Waals surface area contributed by atoms with Crippen molar-refractivity contribution >= 4 is 17.7 Å². The van der Waals surface area contributed by atoms with E-state index in [-0.39, 0.29) is 29.5 Å². The van der Waals surface area contributed by atoms with Crippen LogP contribution in [0.3, 0.4) is 0 Å². The number of aromatic nitrogens is 2. The highest BCUT2D eigenvalue weighted by Gasteiger charge is 2.40. The van der Waals surface area contributed by atoms with E-state index in [2.05, 4.69) is 15.3 Å². The third-order valence-electron chi connectivity index (χ3n) is 4.42. The zero-order valence-electron chi connectivity index (χ0n) is 14.9. The monoisotopic (exact) mass is 347 g/mol. The molecule has 0 radical (unpaired) electrons. The smallest absolute Gasteiger partial charge is 0.271 e. The lowest BCUT2D eigenvalue weighted by Gasteiger charge is -2.28. The molecule has 1 N–H and O–H groups in total. The Kier molecular flexibility index (Phi) is 6.44. The lowest BCUT2D eigenvalue weighted by molar-refractivity contribution is -0.143. The van der Waals surface area contributed by atoms with E-state index in [1.54, 1.807) is 16.7 Å². The molecule has 0 bridgehead atoms. The zero-order chi connectivity index (χ0) is 18.4. The molecule has 8 heteroatoms. The van der Waals surface area contributed by atoms with Crippen LogP contribution in [0.4, 0.5) is 0 Å². The molecule has 0 spiro atoms. The van der Waals surface area contributed by atoms with Crippen LogP contribution in [-0.2, 0) is 9.59 Å². The Morgan fingerprint density at radius 2 is 1.96 bits per heavy atom. The van der Waals surface area contributed by atoms with E-state index in [4.69, 9.17) is 0 Å². The molecule has 0 unspecified atom stereocenters. The summed E-state index contributed by atoms with van der Waals surface area (Å²) in [6, 6.07) is -0.811. The lowest BCUT2D eigenvalue weighted by atomic mass is 10.1. The standard InChI is InChI=1S/C17H25N5O3/c1-4-15(23)22-11-12(9-14(22)17(25)21(5-2)6-3)20-16(24)13-10-18-7-8-19-13/h7-8,10,12,14H,4-6,9,11H2,1-3H3,(H,20,24)/t12-,14+/m1/s1. The van der Waals surface area contributed by atoms with Gasteiger partial charge < -0.3 is 15.1 Å². The molecule has 1 aromatic rings.